The lowest BCUT2D eigenvalue weighted by molar-refractivity contribution is 0.385. The van der Waals surface area contributed by atoms with E-state index in [1.807, 2.05) is 24.3 Å². The van der Waals surface area contributed by atoms with E-state index >= 15 is 0 Å². The summed E-state index contributed by atoms with van der Waals surface area (Å²) in [5.74, 6) is -0.127. The molecule has 1 N–H and O–H groups in total. The molecule has 1 atom stereocenters. The molecule has 2 rings (SSSR count). The van der Waals surface area contributed by atoms with Crippen molar-refractivity contribution in [2.75, 3.05) is 13.7 Å². The van der Waals surface area contributed by atoms with Gasteiger partial charge in [-0.15, -0.1) is 0 Å². The number of halogens is 2. The van der Waals surface area contributed by atoms with Gasteiger partial charge in [-0.25, -0.2) is 4.39 Å². The quantitative estimate of drug-likeness (QED) is 0.843. The normalized spacial score (nSPS) is 12.2. The van der Waals surface area contributed by atoms with E-state index in [2.05, 4.69) is 12.2 Å². The van der Waals surface area contributed by atoms with Crippen molar-refractivity contribution in [3.63, 3.8) is 0 Å². The molecule has 2 aromatic rings. The van der Waals surface area contributed by atoms with E-state index in [1.54, 1.807) is 12.1 Å². The lowest BCUT2D eigenvalue weighted by atomic mass is 9.98. The zero-order chi connectivity index (χ0) is 15.2. The third-order valence-electron chi connectivity index (χ3n) is 3.32. The van der Waals surface area contributed by atoms with Crippen molar-refractivity contribution in [2.24, 2.45) is 0 Å². The average molecular weight is 308 g/mol. The van der Waals surface area contributed by atoms with E-state index in [4.69, 9.17) is 16.3 Å². The minimum absolute atomic E-state index is 0.0897. The second kappa shape index (κ2) is 7.43. The van der Waals surface area contributed by atoms with Gasteiger partial charge in [-0.3, -0.25) is 0 Å². The molecule has 0 saturated carbocycles. The van der Waals surface area contributed by atoms with Gasteiger partial charge in [-0.2, -0.15) is 0 Å². The molecule has 1 unspecified atom stereocenters. The fourth-order valence-corrected chi connectivity index (χ4v) is 2.51. The molecule has 0 radical (unpaired) electrons. The van der Waals surface area contributed by atoms with Gasteiger partial charge in [0.15, 0.2) is 11.6 Å². The molecule has 0 amide bonds. The van der Waals surface area contributed by atoms with Gasteiger partial charge in [-0.1, -0.05) is 42.8 Å². The molecule has 0 heterocycles. The Morgan fingerprint density at radius 2 is 2.00 bits per heavy atom. The maximum absolute atomic E-state index is 13.6. The third-order valence-corrected chi connectivity index (χ3v) is 3.67. The number of nitrogens with one attached hydrogen (secondary N) is 1. The van der Waals surface area contributed by atoms with Crippen LogP contribution in [-0.4, -0.2) is 13.7 Å². The molecule has 2 nitrogen and oxygen atoms in total. The molecule has 0 spiro atoms. The highest BCUT2D eigenvalue weighted by atomic mass is 35.5. The molecule has 0 saturated heterocycles. The van der Waals surface area contributed by atoms with Crippen LogP contribution in [0.1, 0.15) is 30.5 Å². The fraction of sp³-hybridized carbons (Fsp3) is 0.294. The first-order chi connectivity index (χ1) is 10.2. The summed E-state index contributed by atoms with van der Waals surface area (Å²) in [5.41, 5.74) is 1.90. The van der Waals surface area contributed by atoms with Gasteiger partial charge in [-0.05, 0) is 42.3 Å². The van der Waals surface area contributed by atoms with Gasteiger partial charge >= 0.3 is 0 Å². The summed E-state index contributed by atoms with van der Waals surface area (Å²) >= 11 is 6.31. The number of benzene rings is 2. The first-order valence-corrected chi connectivity index (χ1v) is 7.36. The molecule has 0 aliphatic heterocycles. The van der Waals surface area contributed by atoms with Crippen LogP contribution in [0.5, 0.6) is 5.75 Å². The first-order valence-electron chi connectivity index (χ1n) is 6.98. The van der Waals surface area contributed by atoms with Crippen LogP contribution in [0.3, 0.4) is 0 Å². The van der Waals surface area contributed by atoms with Crippen LogP contribution in [0.15, 0.2) is 42.5 Å². The summed E-state index contributed by atoms with van der Waals surface area (Å²) in [5, 5.41) is 4.14. The Bertz CT molecular complexity index is 603. The van der Waals surface area contributed by atoms with Crippen molar-refractivity contribution in [3.8, 4) is 5.75 Å². The smallest absolute Gasteiger partial charge is 0.165 e. The molecular weight excluding hydrogens is 289 g/mol. The maximum Gasteiger partial charge on any atom is 0.165 e. The summed E-state index contributed by atoms with van der Waals surface area (Å²) < 4.78 is 18.7. The number of hydrogen-bond donors (Lipinski definition) is 1. The van der Waals surface area contributed by atoms with E-state index in [0.717, 1.165) is 24.1 Å². The number of methoxy groups -OCH3 is 1. The maximum atomic E-state index is 13.6. The van der Waals surface area contributed by atoms with E-state index in [1.165, 1.54) is 13.2 Å². The monoisotopic (exact) mass is 307 g/mol. The van der Waals surface area contributed by atoms with Gasteiger partial charge < -0.3 is 10.1 Å². The Hall–Kier alpha value is -1.58. The Balaban J connectivity index is 2.43. The lowest BCUT2D eigenvalue weighted by Crippen LogP contribution is -2.23. The minimum atomic E-state index is -0.366. The molecular formula is C17H19ClFNO. The van der Waals surface area contributed by atoms with Gasteiger partial charge in [0.1, 0.15) is 0 Å². The molecule has 0 aliphatic carbocycles. The summed E-state index contributed by atoms with van der Waals surface area (Å²) in [4.78, 5) is 0. The topological polar surface area (TPSA) is 21.3 Å². The van der Waals surface area contributed by atoms with Crippen LogP contribution in [0.4, 0.5) is 4.39 Å². The number of ether oxygens (including phenoxy) is 1. The Kier molecular flexibility index (Phi) is 5.59. The molecule has 112 valence electrons. The molecule has 0 fully saturated rings. The first kappa shape index (κ1) is 15.8. The molecule has 21 heavy (non-hydrogen) atoms. The van der Waals surface area contributed by atoms with Crippen molar-refractivity contribution < 1.29 is 9.13 Å². The summed E-state index contributed by atoms with van der Waals surface area (Å²) in [6.07, 6.45) is 0.999. The largest absolute Gasteiger partial charge is 0.494 e. The summed E-state index contributed by atoms with van der Waals surface area (Å²) in [6, 6.07) is 12.5. The predicted molar refractivity (Wildman–Crippen MR) is 84.5 cm³/mol. The van der Waals surface area contributed by atoms with E-state index < -0.39 is 0 Å². The van der Waals surface area contributed by atoms with Crippen molar-refractivity contribution in [1.29, 1.82) is 0 Å². The zero-order valence-corrected chi connectivity index (χ0v) is 13.0. The Labute approximate surface area is 129 Å². The average Bonchev–Trinajstić information content (AvgIpc) is 2.50. The third kappa shape index (κ3) is 3.74. The van der Waals surface area contributed by atoms with E-state index in [-0.39, 0.29) is 17.6 Å². The molecule has 0 aromatic heterocycles. The Morgan fingerprint density at radius 3 is 2.67 bits per heavy atom. The van der Waals surface area contributed by atoms with Crippen LogP contribution >= 0.6 is 11.6 Å². The lowest BCUT2D eigenvalue weighted by Gasteiger charge is -2.21. The van der Waals surface area contributed by atoms with Gasteiger partial charge in [0.2, 0.25) is 0 Å². The second-order valence-electron chi connectivity index (χ2n) is 4.80. The number of hydrogen-bond acceptors (Lipinski definition) is 2. The fourth-order valence-electron chi connectivity index (χ4n) is 2.26. The van der Waals surface area contributed by atoms with Crippen molar-refractivity contribution in [1.82, 2.24) is 5.32 Å². The summed E-state index contributed by atoms with van der Waals surface area (Å²) in [7, 11) is 1.46. The van der Waals surface area contributed by atoms with Crippen molar-refractivity contribution in [2.45, 2.75) is 19.4 Å². The van der Waals surface area contributed by atoms with Gasteiger partial charge in [0.25, 0.3) is 0 Å². The highest BCUT2D eigenvalue weighted by molar-refractivity contribution is 6.31. The van der Waals surface area contributed by atoms with Gasteiger partial charge in [0, 0.05) is 5.02 Å². The highest BCUT2D eigenvalue weighted by Crippen LogP contribution is 2.31. The molecule has 0 aliphatic rings. The SMILES string of the molecule is CCCNC(c1ccc(F)c(OC)c1)c1ccccc1Cl. The molecule has 4 heteroatoms. The molecule has 2 aromatic carbocycles. The predicted octanol–water partition coefficient (Wildman–Crippen LogP) is 4.58. The van der Waals surface area contributed by atoms with Crippen LogP contribution in [0.25, 0.3) is 0 Å². The highest BCUT2D eigenvalue weighted by Gasteiger charge is 2.17. The number of rotatable bonds is 6. The zero-order valence-electron chi connectivity index (χ0n) is 12.2. The van der Waals surface area contributed by atoms with E-state index in [0.29, 0.717) is 5.02 Å². The van der Waals surface area contributed by atoms with Crippen molar-refractivity contribution in [3.05, 3.63) is 64.4 Å². The van der Waals surface area contributed by atoms with Crippen molar-refractivity contribution >= 4 is 11.6 Å². The van der Waals surface area contributed by atoms with Gasteiger partial charge in [0.05, 0.1) is 13.2 Å². The standard InChI is InChI=1S/C17H19ClFNO/c1-3-10-20-17(13-6-4-5-7-14(13)18)12-8-9-15(19)16(11-12)21-2/h4-9,11,17,20H,3,10H2,1-2H3. The molecule has 0 bridgehead atoms. The van der Waals surface area contributed by atoms with E-state index in [9.17, 15) is 4.39 Å². The second-order valence-corrected chi connectivity index (χ2v) is 5.21. The Morgan fingerprint density at radius 1 is 1.24 bits per heavy atom. The van der Waals surface area contributed by atoms with Crippen LogP contribution < -0.4 is 10.1 Å². The van der Waals surface area contributed by atoms with Crippen LogP contribution in [0, 0.1) is 5.82 Å². The minimum Gasteiger partial charge on any atom is -0.494 e. The summed E-state index contributed by atoms with van der Waals surface area (Å²) in [6.45, 7) is 2.94. The van der Waals surface area contributed by atoms with Crippen LogP contribution in [0.2, 0.25) is 5.02 Å². The van der Waals surface area contributed by atoms with Crippen LogP contribution in [-0.2, 0) is 0 Å².